The van der Waals surface area contributed by atoms with Crippen molar-refractivity contribution >= 4 is 17.2 Å². The molecule has 2 aromatic heterocycles. The Balaban J connectivity index is 1.89. The van der Waals surface area contributed by atoms with E-state index in [0.717, 1.165) is 11.3 Å². The highest BCUT2D eigenvalue weighted by Gasteiger charge is 2.05. The van der Waals surface area contributed by atoms with Gasteiger partial charge in [0.2, 0.25) is 5.91 Å². The normalized spacial score (nSPS) is 10.7. The number of carbonyl (C=O) groups is 1. The minimum atomic E-state index is -0.197. The topological polar surface area (TPSA) is 81.4 Å². The fraction of sp³-hybridized carbons (Fsp3) is 0.143. The first-order valence-electron chi connectivity index (χ1n) is 6.32. The van der Waals surface area contributed by atoms with Gasteiger partial charge in [0.1, 0.15) is 12.9 Å². The molecule has 0 fully saturated rings. The lowest BCUT2D eigenvalue weighted by atomic mass is 10.1. The molecule has 0 saturated carbocycles. The highest BCUT2D eigenvalue weighted by Crippen LogP contribution is 2.20. The van der Waals surface area contributed by atoms with Crippen LogP contribution in [-0.4, -0.2) is 39.4 Å². The highest BCUT2D eigenvalue weighted by atomic mass is 16.5. The zero-order valence-electron chi connectivity index (χ0n) is 11.4. The maximum atomic E-state index is 11.5. The zero-order chi connectivity index (χ0) is 14.7. The number of carbonyl (C=O) groups excluding carboxylic acids is 1. The molecule has 0 spiro atoms. The van der Waals surface area contributed by atoms with E-state index in [1.807, 2.05) is 36.4 Å². The number of methoxy groups -OCH3 is 1. The predicted molar refractivity (Wildman–Crippen MR) is 76.7 cm³/mol. The van der Waals surface area contributed by atoms with Crippen LogP contribution < -0.4 is 5.32 Å². The van der Waals surface area contributed by atoms with E-state index in [4.69, 9.17) is 4.74 Å². The molecule has 3 aromatic rings. The summed E-state index contributed by atoms with van der Waals surface area (Å²) < 4.78 is 6.39. The van der Waals surface area contributed by atoms with Gasteiger partial charge < -0.3 is 10.1 Å². The van der Waals surface area contributed by atoms with E-state index in [1.54, 1.807) is 10.8 Å². The first kappa shape index (κ1) is 13.2. The molecule has 3 rings (SSSR count). The average molecular weight is 283 g/mol. The Bertz CT molecular complexity index is 784. The first-order chi connectivity index (χ1) is 10.3. The summed E-state index contributed by atoms with van der Waals surface area (Å²) in [4.78, 5) is 11.5. The Labute approximate surface area is 120 Å². The number of benzene rings is 1. The number of ether oxygens (including phenoxy) is 1. The number of hydrogen-bond donors (Lipinski definition) is 1. The molecule has 0 unspecified atom stereocenters. The molecule has 0 atom stereocenters. The molecule has 0 aliphatic rings. The Morgan fingerprint density at radius 2 is 2.24 bits per heavy atom. The lowest BCUT2D eigenvalue weighted by Crippen LogP contribution is -2.17. The number of nitrogens with one attached hydrogen (secondary N) is 1. The molecule has 0 radical (unpaired) electrons. The maximum absolute atomic E-state index is 11.5. The summed E-state index contributed by atoms with van der Waals surface area (Å²) >= 11 is 0. The van der Waals surface area contributed by atoms with Gasteiger partial charge in [0, 0.05) is 18.4 Å². The molecular weight excluding hydrogens is 270 g/mol. The average Bonchev–Trinajstić information content (AvgIpc) is 2.95. The number of hydrogen-bond acceptors (Lipinski definition) is 5. The second-order valence-electron chi connectivity index (χ2n) is 4.41. The fourth-order valence-electron chi connectivity index (χ4n) is 1.97. The Morgan fingerprint density at radius 3 is 3.10 bits per heavy atom. The van der Waals surface area contributed by atoms with E-state index in [-0.39, 0.29) is 12.5 Å². The Morgan fingerprint density at radius 1 is 1.33 bits per heavy atom. The minimum Gasteiger partial charge on any atom is -0.375 e. The van der Waals surface area contributed by atoms with E-state index >= 15 is 0 Å². The van der Waals surface area contributed by atoms with Crippen molar-refractivity contribution in [2.45, 2.75) is 0 Å². The van der Waals surface area contributed by atoms with Crippen molar-refractivity contribution in [3.63, 3.8) is 0 Å². The molecule has 7 heteroatoms. The molecule has 0 bridgehead atoms. The number of aromatic nitrogens is 4. The minimum absolute atomic E-state index is 0.0230. The molecule has 1 amide bonds. The van der Waals surface area contributed by atoms with Gasteiger partial charge in [-0.3, -0.25) is 4.79 Å². The van der Waals surface area contributed by atoms with Crippen molar-refractivity contribution in [3.05, 3.63) is 42.7 Å². The molecule has 0 aliphatic heterocycles. The third-order valence-electron chi connectivity index (χ3n) is 2.88. The lowest BCUT2D eigenvalue weighted by molar-refractivity contribution is -0.119. The van der Waals surface area contributed by atoms with E-state index < -0.39 is 0 Å². The van der Waals surface area contributed by atoms with Crippen LogP contribution in [0, 0.1) is 0 Å². The molecule has 0 saturated heterocycles. The van der Waals surface area contributed by atoms with Crippen LogP contribution in [0.2, 0.25) is 0 Å². The van der Waals surface area contributed by atoms with Crippen LogP contribution in [0.15, 0.2) is 42.7 Å². The quantitative estimate of drug-likeness (QED) is 0.782. The lowest BCUT2D eigenvalue weighted by Gasteiger charge is -2.07. The summed E-state index contributed by atoms with van der Waals surface area (Å²) in [5.74, 6) is -0.197. The summed E-state index contributed by atoms with van der Waals surface area (Å²) in [6, 6.07) is 11.1. The van der Waals surface area contributed by atoms with Crippen LogP contribution in [0.5, 0.6) is 0 Å². The van der Waals surface area contributed by atoms with Gasteiger partial charge in [0.15, 0.2) is 5.65 Å². The molecule has 0 aliphatic carbocycles. The summed E-state index contributed by atoms with van der Waals surface area (Å²) in [5, 5.41) is 14.9. The Kier molecular flexibility index (Phi) is 3.57. The smallest absolute Gasteiger partial charge is 0.250 e. The first-order valence-corrected chi connectivity index (χ1v) is 6.32. The van der Waals surface area contributed by atoms with Gasteiger partial charge in [-0.2, -0.15) is 9.61 Å². The van der Waals surface area contributed by atoms with Crippen molar-refractivity contribution in [1.29, 1.82) is 0 Å². The van der Waals surface area contributed by atoms with Crippen LogP contribution in [-0.2, 0) is 9.53 Å². The van der Waals surface area contributed by atoms with E-state index in [0.29, 0.717) is 11.3 Å². The van der Waals surface area contributed by atoms with Gasteiger partial charge in [0.25, 0.3) is 0 Å². The van der Waals surface area contributed by atoms with Crippen molar-refractivity contribution in [1.82, 2.24) is 19.8 Å². The third kappa shape index (κ3) is 2.87. The number of amides is 1. The molecule has 1 aromatic carbocycles. The van der Waals surface area contributed by atoms with Crippen LogP contribution in [0.1, 0.15) is 0 Å². The molecule has 106 valence electrons. The van der Waals surface area contributed by atoms with Crippen molar-refractivity contribution in [3.8, 4) is 11.3 Å². The standard InChI is InChI=1S/C14H13N5O2/c1-21-8-14(20)16-11-4-2-3-10(7-11)12-5-6-13-17-15-9-19(13)18-12/h2-7,9H,8H2,1H3,(H,16,20). The molecule has 21 heavy (non-hydrogen) atoms. The van der Waals surface area contributed by atoms with Crippen LogP contribution in [0.3, 0.4) is 0 Å². The fourth-order valence-corrected chi connectivity index (χ4v) is 1.97. The summed E-state index contributed by atoms with van der Waals surface area (Å²) in [7, 11) is 1.48. The van der Waals surface area contributed by atoms with Gasteiger partial charge in [-0.25, -0.2) is 0 Å². The third-order valence-corrected chi connectivity index (χ3v) is 2.88. The summed E-state index contributed by atoms with van der Waals surface area (Å²) in [6.45, 7) is 0.0230. The number of rotatable bonds is 4. The SMILES string of the molecule is COCC(=O)Nc1cccc(-c2ccc3nncn3n2)c1. The predicted octanol–water partition coefficient (Wildman–Crippen LogP) is 1.38. The molecule has 1 N–H and O–H groups in total. The Hall–Kier alpha value is -2.80. The highest BCUT2D eigenvalue weighted by molar-refractivity contribution is 5.92. The van der Waals surface area contributed by atoms with Crippen LogP contribution in [0.25, 0.3) is 16.9 Å². The van der Waals surface area contributed by atoms with E-state index in [9.17, 15) is 4.79 Å². The monoisotopic (exact) mass is 283 g/mol. The van der Waals surface area contributed by atoms with Crippen molar-refractivity contribution < 1.29 is 9.53 Å². The number of nitrogens with zero attached hydrogens (tertiary/aromatic N) is 4. The second kappa shape index (κ2) is 5.68. The van der Waals surface area contributed by atoms with Gasteiger partial charge >= 0.3 is 0 Å². The summed E-state index contributed by atoms with van der Waals surface area (Å²) in [6.07, 6.45) is 1.54. The van der Waals surface area contributed by atoms with Crippen LogP contribution in [0.4, 0.5) is 5.69 Å². The van der Waals surface area contributed by atoms with Crippen LogP contribution >= 0.6 is 0 Å². The van der Waals surface area contributed by atoms with Crippen molar-refractivity contribution in [2.24, 2.45) is 0 Å². The van der Waals surface area contributed by atoms with Gasteiger partial charge in [-0.15, -0.1) is 10.2 Å². The van der Waals surface area contributed by atoms with Crippen molar-refractivity contribution in [2.75, 3.05) is 19.0 Å². The summed E-state index contributed by atoms with van der Waals surface area (Å²) in [5.41, 5.74) is 3.04. The largest absolute Gasteiger partial charge is 0.375 e. The molecule has 7 nitrogen and oxygen atoms in total. The molecule has 2 heterocycles. The number of fused-ring (bicyclic) bond motifs is 1. The maximum Gasteiger partial charge on any atom is 0.250 e. The molecular formula is C14H13N5O2. The van der Waals surface area contributed by atoms with Gasteiger partial charge in [-0.05, 0) is 24.3 Å². The zero-order valence-corrected chi connectivity index (χ0v) is 11.4. The number of anilines is 1. The van der Waals surface area contributed by atoms with E-state index in [1.165, 1.54) is 7.11 Å². The van der Waals surface area contributed by atoms with Gasteiger partial charge in [-0.1, -0.05) is 12.1 Å². The van der Waals surface area contributed by atoms with Gasteiger partial charge in [0.05, 0.1) is 5.69 Å². The second-order valence-corrected chi connectivity index (χ2v) is 4.41. The van der Waals surface area contributed by atoms with E-state index in [2.05, 4.69) is 20.6 Å².